The highest BCUT2D eigenvalue weighted by Crippen LogP contribution is 2.46. The summed E-state index contributed by atoms with van der Waals surface area (Å²) in [4.78, 5) is 24.0. The Balaban J connectivity index is 1.72. The number of aromatic nitrogens is 3. The average molecular weight is 512 g/mol. The van der Waals surface area contributed by atoms with Gasteiger partial charge in [-0.3, -0.25) is 9.79 Å². The highest BCUT2D eigenvalue weighted by molar-refractivity contribution is 7.16. The van der Waals surface area contributed by atoms with E-state index in [-0.39, 0.29) is 12.3 Å². The zero-order chi connectivity index (χ0) is 26.1. The van der Waals surface area contributed by atoms with Crippen LogP contribution >= 0.6 is 11.3 Å². The predicted octanol–water partition coefficient (Wildman–Crippen LogP) is 5.13. The van der Waals surface area contributed by atoms with Crippen LogP contribution in [0.25, 0.3) is 10.4 Å². The number of fused-ring (bicyclic) bond motifs is 3. The van der Waals surface area contributed by atoms with E-state index in [4.69, 9.17) is 9.52 Å². The van der Waals surface area contributed by atoms with Gasteiger partial charge in [0.2, 0.25) is 5.91 Å². The molecule has 0 saturated heterocycles. The second-order valence-corrected chi connectivity index (χ2v) is 10.1. The fourth-order valence-electron chi connectivity index (χ4n) is 4.56. The third-order valence-corrected chi connectivity index (χ3v) is 7.82. The normalized spacial score (nSPS) is 14.2. The van der Waals surface area contributed by atoms with Gasteiger partial charge in [-0.1, -0.05) is 36.3 Å². The summed E-state index contributed by atoms with van der Waals surface area (Å²) in [6.07, 6.45) is 4.65. The van der Waals surface area contributed by atoms with E-state index in [1.165, 1.54) is 5.56 Å². The van der Waals surface area contributed by atoms with Crippen molar-refractivity contribution in [3.05, 3.63) is 81.1 Å². The van der Waals surface area contributed by atoms with Crippen LogP contribution in [0.15, 0.2) is 46.3 Å². The molecule has 0 radical (unpaired) electrons. The first-order valence-corrected chi connectivity index (χ1v) is 13.2. The van der Waals surface area contributed by atoms with Crippen LogP contribution in [0.3, 0.4) is 0 Å². The number of hydrogen-bond acceptors (Lipinski definition) is 6. The molecular formula is C29H29N5O2S. The minimum absolute atomic E-state index is 0.0679. The summed E-state index contributed by atoms with van der Waals surface area (Å²) in [5, 5.41) is 7.18. The summed E-state index contributed by atoms with van der Waals surface area (Å²) in [6, 6.07) is 8.01. The Bertz CT molecular complexity index is 1560. The smallest absolute Gasteiger partial charge is 0.222 e. The van der Waals surface area contributed by atoms with Gasteiger partial charge in [0.05, 0.1) is 45.7 Å². The van der Waals surface area contributed by atoms with E-state index in [1.54, 1.807) is 23.9 Å². The number of rotatable bonds is 5. The monoisotopic (exact) mass is 511 g/mol. The van der Waals surface area contributed by atoms with Crippen LogP contribution in [0.2, 0.25) is 0 Å². The van der Waals surface area contributed by atoms with Crippen molar-refractivity contribution in [3.8, 4) is 22.3 Å². The average Bonchev–Trinajstić information content (AvgIpc) is 3.54. The first-order valence-electron chi connectivity index (χ1n) is 12.4. The largest absolute Gasteiger partial charge is 0.358 e. The predicted molar refractivity (Wildman–Crippen MR) is 146 cm³/mol. The minimum atomic E-state index is -0.480. The van der Waals surface area contributed by atoms with Crippen LogP contribution in [0.5, 0.6) is 0 Å². The lowest BCUT2D eigenvalue weighted by Crippen LogP contribution is -2.24. The van der Waals surface area contributed by atoms with E-state index in [1.807, 2.05) is 25.5 Å². The van der Waals surface area contributed by atoms with E-state index in [0.717, 1.165) is 55.5 Å². The summed E-state index contributed by atoms with van der Waals surface area (Å²) in [5.41, 5.74) is 7.72. The van der Waals surface area contributed by atoms with Crippen molar-refractivity contribution in [2.24, 2.45) is 12.0 Å². The van der Waals surface area contributed by atoms with Gasteiger partial charge in [0.25, 0.3) is 0 Å². The molecule has 1 atom stereocenters. The van der Waals surface area contributed by atoms with Gasteiger partial charge in [0.15, 0.2) is 5.76 Å². The van der Waals surface area contributed by atoms with Crippen molar-refractivity contribution >= 4 is 23.0 Å². The molecule has 1 aromatic carbocycles. The molecule has 1 aliphatic rings. The number of aryl methyl sites for hydroxylation is 3. The van der Waals surface area contributed by atoms with Crippen molar-refractivity contribution in [2.75, 3.05) is 6.54 Å². The Kier molecular flexibility index (Phi) is 6.81. The maximum atomic E-state index is 12.7. The topological polar surface area (TPSA) is 85.3 Å². The van der Waals surface area contributed by atoms with Gasteiger partial charge in [-0.05, 0) is 50.2 Å². The molecule has 0 spiro atoms. The molecule has 4 heterocycles. The van der Waals surface area contributed by atoms with Crippen molar-refractivity contribution in [3.63, 3.8) is 0 Å². The first-order chi connectivity index (χ1) is 17.9. The van der Waals surface area contributed by atoms with E-state index in [0.29, 0.717) is 12.3 Å². The maximum Gasteiger partial charge on any atom is 0.222 e. The number of carbonyl (C=O) groups is 1. The molecule has 0 unspecified atom stereocenters. The highest BCUT2D eigenvalue weighted by atomic mass is 32.1. The molecule has 8 heteroatoms. The Hall–Kier alpha value is -3.96. The lowest BCUT2D eigenvalue weighted by Gasteiger charge is -2.12. The SMILES string of the molecule is CCNC(=O)C[C@@H]1N=C(c2ccc(CC)cc2)c2c(sc(C#Cc3cncn3C)c2C)-c2c(C)noc21. The molecule has 1 aliphatic heterocycles. The minimum Gasteiger partial charge on any atom is -0.358 e. The number of carbonyl (C=O) groups excluding carboxylic acids is 1. The quantitative estimate of drug-likeness (QED) is 0.376. The zero-order valence-electron chi connectivity index (χ0n) is 21.7. The van der Waals surface area contributed by atoms with Crippen molar-refractivity contribution in [1.82, 2.24) is 20.0 Å². The lowest BCUT2D eigenvalue weighted by atomic mass is 9.95. The number of imidazole rings is 1. The van der Waals surface area contributed by atoms with Crippen molar-refractivity contribution in [1.29, 1.82) is 0 Å². The van der Waals surface area contributed by atoms with Crippen LogP contribution in [0.4, 0.5) is 0 Å². The standard InChI is InChI=1S/C29H29N5O2S/c1-6-19-8-10-20(11-9-19)27-25-17(3)23(13-12-21-15-30-16-34(21)5)37-29(25)26-18(4)33-36-28(26)22(32-27)14-24(35)31-7-2/h8-11,15-16,22H,6-7,14H2,1-5H3,(H,31,35)/t22-/m0/s1. The van der Waals surface area contributed by atoms with E-state index in [2.05, 4.69) is 65.4 Å². The summed E-state index contributed by atoms with van der Waals surface area (Å²) in [7, 11) is 1.93. The molecule has 37 heavy (non-hydrogen) atoms. The third kappa shape index (κ3) is 4.63. The highest BCUT2D eigenvalue weighted by Gasteiger charge is 2.34. The lowest BCUT2D eigenvalue weighted by molar-refractivity contribution is -0.121. The van der Waals surface area contributed by atoms with Gasteiger partial charge in [0, 0.05) is 24.7 Å². The van der Waals surface area contributed by atoms with Crippen molar-refractivity contribution in [2.45, 2.75) is 46.6 Å². The molecule has 188 valence electrons. The zero-order valence-corrected chi connectivity index (χ0v) is 22.5. The van der Waals surface area contributed by atoms with Gasteiger partial charge in [-0.25, -0.2) is 4.98 Å². The second kappa shape index (κ2) is 10.2. The fourth-order valence-corrected chi connectivity index (χ4v) is 5.83. The molecule has 3 aromatic heterocycles. The van der Waals surface area contributed by atoms with E-state index < -0.39 is 6.04 Å². The van der Waals surface area contributed by atoms with Crippen LogP contribution in [-0.2, 0) is 18.3 Å². The Morgan fingerprint density at radius 3 is 2.62 bits per heavy atom. The summed E-state index contributed by atoms with van der Waals surface area (Å²) >= 11 is 1.62. The molecule has 0 fully saturated rings. The third-order valence-electron chi connectivity index (χ3n) is 6.60. The molecule has 0 aliphatic carbocycles. The first kappa shape index (κ1) is 24.7. The Morgan fingerprint density at radius 1 is 1.16 bits per heavy atom. The molecule has 5 rings (SSSR count). The molecule has 7 nitrogen and oxygen atoms in total. The van der Waals surface area contributed by atoms with Gasteiger partial charge in [-0.15, -0.1) is 11.3 Å². The van der Waals surface area contributed by atoms with E-state index >= 15 is 0 Å². The van der Waals surface area contributed by atoms with Crippen LogP contribution in [0, 0.1) is 25.7 Å². The summed E-state index contributed by atoms with van der Waals surface area (Å²) < 4.78 is 7.74. The number of amides is 1. The van der Waals surface area contributed by atoms with Gasteiger partial charge < -0.3 is 14.4 Å². The maximum absolute atomic E-state index is 12.7. The van der Waals surface area contributed by atoms with Crippen LogP contribution in [0.1, 0.15) is 70.6 Å². The van der Waals surface area contributed by atoms with Gasteiger partial charge in [-0.2, -0.15) is 0 Å². The summed E-state index contributed by atoms with van der Waals surface area (Å²) in [5.74, 6) is 7.17. The molecular weight excluding hydrogens is 482 g/mol. The summed E-state index contributed by atoms with van der Waals surface area (Å²) in [6.45, 7) is 8.64. The fraction of sp³-hybridized carbons (Fsp3) is 0.310. The number of nitrogens with zero attached hydrogens (tertiary/aromatic N) is 4. The van der Waals surface area contributed by atoms with Crippen LogP contribution < -0.4 is 5.32 Å². The number of benzene rings is 1. The second-order valence-electron chi connectivity index (χ2n) is 9.11. The number of aliphatic imine (C=N–C) groups is 1. The molecule has 1 N–H and O–H groups in total. The molecule has 1 amide bonds. The molecule has 0 saturated carbocycles. The van der Waals surface area contributed by atoms with Gasteiger partial charge in [0.1, 0.15) is 11.7 Å². The van der Waals surface area contributed by atoms with Crippen molar-refractivity contribution < 1.29 is 9.32 Å². The number of nitrogens with one attached hydrogen (secondary N) is 1. The van der Waals surface area contributed by atoms with Gasteiger partial charge >= 0.3 is 0 Å². The van der Waals surface area contributed by atoms with E-state index in [9.17, 15) is 4.79 Å². The number of hydrogen-bond donors (Lipinski definition) is 1. The molecule has 4 aromatic rings. The Morgan fingerprint density at radius 2 is 1.95 bits per heavy atom. The van der Waals surface area contributed by atoms with Crippen LogP contribution in [-0.4, -0.2) is 32.9 Å². The molecule has 0 bridgehead atoms. The number of thiophene rings is 1. The Labute approximate surface area is 220 Å².